The third-order valence-corrected chi connectivity index (χ3v) is 3.75. The summed E-state index contributed by atoms with van der Waals surface area (Å²) < 4.78 is 0. The molecule has 2 aromatic rings. The Morgan fingerprint density at radius 3 is 2.10 bits per heavy atom. The Bertz CT molecular complexity index is 591. The maximum Gasteiger partial charge on any atom is 0.303 e. The van der Waals surface area contributed by atoms with Crippen LogP contribution < -0.4 is 5.32 Å². The minimum Gasteiger partial charge on any atom is -0.481 e. The first-order chi connectivity index (χ1) is 9.77. The summed E-state index contributed by atoms with van der Waals surface area (Å²) in [7, 11) is 0. The molecule has 1 aliphatic rings. The van der Waals surface area contributed by atoms with E-state index in [9.17, 15) is 4.79 Å². The second-order valence-corrected chi connectivity index (χ2v) is 5.06. The molecule has 3 heteroatoms. The highest BCUT2D eigenvalue weighted by molar-refractivity contribution is 5.78. The molecule has 3 rings (SSSR count). The quantitative estimate of drug-likeness (QED) is 0.818. The van der Waals surface area contributed by atoms with Gasteiger partial charge in [0, 0.05) is 6.42 Å². The Labute approximate surface area is 118 Å². The van der Waals surface area contributed by atoms with E-state index in [1.54, 1.807) is 0 Å². The molecule has 0 saturated carbocycles. The predicted octanol–water partition coefficient (Wildman–Crippen LogP) is 3.21. The van der Waals surface area contributed by atoms with Crippen LogP contribution in [0.2, 0.25) is 0 Å². The molecule has 20 heavy (non-hydrogen) atoms. The minimum absolute atomic E-state index is 0.177. The smallest absolute Gasteiger partial charge is 0.303 e. The van der Waals surface area contributed by atoms with Gasteiger partial charge in [-0.3, -0.25) is 4.79 Å². The van der Waals surface area contributed by atoms with E-state index in [2.05, 4.69) is 53.8 Å². The molecule has 0 unspecified atom stereocenters. The number of benzene rings is 2. The van der Waals surface area contributed by atoms with Gasteiger partial charge in [0.25, 0.3) is 0 Å². The molecule has 2 N–H and O–H groups in total. The molecule has 0 aliphatic heterocycles. The van der Waals surface area contributed by atoms with Crippen LogP contribution in [0, 0.1) is 0 Å². The summed E-state index contributed by atoms with van der Waals surface area (Å²) in [5.41, 5.74) is 5.12. The summed E-state index contributed by atoms with van der Waals surface area (Å²) in [5, 5.41) is 12.2. The molecule has 102 valence electrons. The lowest BCUT2D eigenvalue weighted by Gasteiger charge is -2.15. The molecular weight excluding hydrogens is 250 g/mol. The average Bonchev–Trinajstić information content (AvgIpc) is 2.78. The van der Waals surface area contributed by atoms with Gasteiger partial charge >= 0.3 is 5.97 Å². The van der Waals surface area contributed by atoms with Gasteiger partial charge in [0.1, 0.15) is 0 Å². The van der Waals surface area contributed by atoms with Crippen molar-refractivity contribution in [2.24, 2.45) is 0 Å². The zero-order valence-electron chi connectivity index (χ0n) is 11.2. The number of hydrogen-bond donors (Lipinski definition) is 2. The molecule has 0 aromatic heterocycles. The number of aliphatic carboxylic acids is 1. The predicted molar refractivity (Wildman–Crippen MR) is 78.6 cm³/mol. The van der Waals surface area contributed by atoms with Gasteiger partial charge < -0.3 is 10.4 Å². The van der Waals surface area contributed by atoms with E-state index in [1.807, 2.05) is 0 Å². The maximum absolute atomic E-state index is 10.6. The van der Waals surface area contributed by atoms with Gasteiger partial charge in [-0.15, -0.1) is 0 Å². The Balaban J connectivity index is 1.82. The van der Waals surface area contributed by atoms with Crippen LogP contribution >= 0.6 is 0 Å². The highest BCUT2D eigenvalue weighted by Gasteiger charge is 2.27. The molecule has 0 saturated heterocycles. The largest absolute Gasteiger partial charge is 0.481 e. The van der Waals surface area contributed by atoms with E-state index in [1.165, 1.54) is 22.3 Å². The highest BCUT2D eigenvalue weighted by atomic mass is 16.4. The van der Waals surface area contributed by atoms with Crippen molar-refractivity contribution in [3.05, 3.63) is 59.7 Å². The summed E-state index contributed by atoms with van der Waals surface area (Å²) in [6.45, 7) is 0.708. The van der Waals surface area contributed by atoms with Gasteiger partial charge in [0.05, 0.1) is 6.04 Å². The molecule has 0 bridgehead atoms. The molecular formula is C17H17NO2. The van der Waals surface area contributed by atoms with Crippen LogP contribution in [0.25, 0.3) is 11.1 Å². The highest BCUT2D eigenvalue weighted by Crippen LogP contribution is 2.42. The molecule has 0 radical (unpaired) electrons. The van der Waals surface area contributed by atoms with Crippen LogP contribution in [0.4, 0.5) is 0 Å². The van der Waals surface area contributed by atoms with Crippen LogP contribution in [0.15, 0.2) is 48.5 Å². The first-order valence-electron chi connectivity index (χ1n) is 6.91. The fourth-order valence-corrected chi connectivity index (χ4v) is 2.86. The third kappa shape index (κ3) is 2.32. The SMILES string of the molecule is O=C(O)CCCNC1c2ccccc2-c2ccccc21. The van der Waals surface area contributed by atoms with Gasteiger partial charge in [0.2, 0.25) is 0 Å². The van der Waals surface area contributed by atoms with Crippen molar-refractivity contribution in [3.8, 4) is 11.1 Å². The number of fused-ring (bicyclic) bond motifs is 3. The standard InChI is InChI=1S/C17H17NO2/c19-16(20)10-5-11-18-17-14-8-3-1-6-12(14)13-7-2-4-9-15(13)17/h1-4,6-9,17-18H,5,10-11H2,(H,19,20). The molecule has 0 heterocycles. The summed E-state index contributed by atoms with van der Waals surface area (Å²) in [4.78, 5) is 10.6. The summed E-state index contributed by atoms with van der Waals surface area (Å²) in [5.74, 6) is -0.737. The van der Waals surface area contributed by atoms with Crippen molar-refractivity contribution in [2.45, 2.75) is 18.9 Å². The summed E-state index contributed by atoms with van der Waals surface area (Å²) >= 11 is 0. The Morgan fingerprint density at radius 1 is 1.00 bits per heavy atom. The number of rotatable bonds is 5. The van der Waals surface area contributed by atoms with Gasteiger partial charge in [-0.1, -0.05) is 48.5 Å². The van der Waals surface area contributed by atoms with Crippen molar-refractivity contribution in [3.63, 3.8) is 0 Å². The van der Waals surface area contributed by atoms with Crippen molar-refractivity contribution in [1.29, 1.82) is 0 Å². The maximum atomic E-state index is 10.6. The number of nitrogens with one attached hydrogen (secondary N) is 1. The van der Waals surface area contributed by atoms with E-state index >= 15 is 0 Å². The lowest BCUT2D eigenvalue weighted by molar-refractivity contribution is -0.137. The van der Waals surface area contributed by atoms with E-state index in [-0.39, 0.29) is 12.5 Å². The summed E-state index contributed by atoms with van der Waals surface area (Å²) in [6, 6.07) is 17.0. The fraction of sp³-hybridized carbons (Fsp3) is 0.235. The van der Waals surface area contributed by atoms with E-state index in [0.29, 0.717) is 13.0 Å². The van der Waals surface area contributed by atoms with Crippen LogP contribution in [-0.2, 0) is 4.79 Å². The normalized spacial score (nSPS) is 13.0. The molecule has 2 aromatic carbocycles. The van der Waals surface area contributed by atoms with Gasteiger partial charge in [-0.2, -0.15) is 0 Å². The zero-order valence-corrected chi connectivity index (χ0v) is 11.2. The Hall–Kier alpha value is -2.13. The Morgan fingerprint density at radius 2 is 1.55 bits per heavy atom. The second kappa shape index (κ2) is 5.47. The van der Waals surface area contributed by atoms with Crippen molar-refractivity contribution >= 4 is 5.97 Å². The van der Waals surface area contributed by atoms with E-state index in [0.717, 1.165) is 0 Å². The Kier molecular flexibility index (Phi) is 3.52. The first kappa shape index (κ1) is 12.9. The molecule has 0 atom stereocenters. The molecule has 0 amide bonds. The number of carboxylic acid groups (broad SMARTS) is 1. The van der Waals surface area contributed by atoms with Gasteiger partial charge in [-0.25, -0.2) is 0 Å². The van der Waals surface area contributed by atoms with Crippen molar-refractivity contribution < 1.29 is 9.90 Å². The molecule has 3 nitrogen and oxygen atoms in total. The van der Waals surface area contributed by atoms with Gasteiger partial charge in [-0.05, 0) is 35.2 Å². The van der Waals surface area contributed by atoms with Crippen LogP contribution in [-0.4, -0.2) is 17.6 Å². The topological polar surface area (TPSA) is 49.3 Å². The van der Waals surface area contributed by atoms with Crippen molar-refractivity contribution in [2.75, 3.05) is 6.54 Å². The minimum atomic E-state index is -0.737. The molecule has 0 fully saturated rings. The van der Waals surface area contributed by atoms with Crippen molar-refractivity contribution in [1.82, 2.24) is 5.32 Å². The first-order valence-corrected chi connectivity index (χ1v) is 6.91. The lowest BCUT2D eigenvalue weighted by atomic mass is 10.1. The van der Waals surface area contributed by atoms with E-state index in [4.69, 9.17) is 5.11 Å². The van der Waals surface area contributed by atoms with Crippen LogP contribution in [0.3, 0.4) is 0 Å². The lowest BCUT2D eigenvalue weighted by Crippen LogP contribution is -2.22. The molecule has 0 spiro atoms. The van der Waals surface area contributed by atoms with E-state index < -0.39 is 5.97 Å². The summed E-state index contributed by atoms with van der Waals surface area (Å²) in [6.07, 6.45) is 0.860. The monoisotopic (exact) mass is 267 g/mol. The molecule has 1 aliphatic carbocycles. The van der Waals surface area contributed by atoms with Gasteiger partial charge in [0.15, 0.2) is 0 Å². The average molecular weight is 267 g/mol. The van der Waals surface area contributed by atoms with Crippen LogP contribution in [0.5, 0.6) is 0 Å². The zero-order chi connectivity index (χ0) is 13.9. The number of hydrogen-bond acceptors (Lipinski definition) is 2. The number of carboxylic acids is 1. The second-order valence-electron chi connectivity index (χ2n) is 5.06. The number of carbonyl (C=O) groups is 1. The third-order valence-electron chi connectivity index (χ3n) is 3.75. The van der Waals surface area contributed by atoms with Crippen LogP contribution in [0.1, 0.15) is 30.0 Å². The fourth-order valence-electron chi connectivity index (χ4n) is 2.86.